The van der Waals surface area contributed by atoms with Crippen molar-refractivity contribution in [1.82, 2.24) is 14.6 Å². The fraction of sp³-hybridized carbons (Fsp3) is 0.455. The van der Waals surface area contributed by atoms with Crippen molar-refractivity contribution in [3.63, 3.8) is 0 Å². The molecule has 1 aliphatic heterocycles. The van der Waals surface area contributed by atoms with E-state index < -0.39 is 10.0 Å². The number of pyridine rings is 1. The molecule has 8 heteroatoms. The van der Waals surface area contributed by atoms with Crippen LogP contribution in [0.5, 0.6) is 0 Å². The molecule has 0 aliphatic carbocycles. The van der Waals surface area contributed by atoms with E-state index in [1.165, 1.54) is 16.6 Å². The Balaban J connectivity index is 2.38. The van der Waals surface area contributed by atoms with Gasteiger partial charge >= 0.3 is 0 Å². The molecule has 104 valence electrons. The summed E-state index contributed by atoms with van der Waals surface area (Å²) in [6.45, 7) is 0.665. The minimum absolute atomic E-state index is 0.0371. The average Bonchev–Trinajstić information content (AvgIpc) is 2.64. The van der Waals surface area contributed by atoms with Crippen LogP contribution >= 0.6 is 0 Å². The van der Waals surface area contributed by atoms with Crippen LogP contribution in [0, 0.1) is 0 Å². The minimum atomic E-state index is -3.73. The molecule has 1 amide bonds. The highest BCUT2D eigenvalue weighted by Gasteiger charge is 2.29. The summed E-state index contributed by atoms with van der Waals surface area (Å²) >= 11 is 0. The van der Waals surface area contributed by atoms with Crippen molar-refractivity contribution in [2.75, 3.05) is 19.6 Å². The molecule has 2 heterocycles. The maximum Gasteiger partial charge on any atom is 0.245 e. The van der Waals surface area contributed by atoms with E-state index >= 15 is 0 Å². The van der Waals surface area contributed by atoms with E-state index in [-0.39, 0.29) is 23.9 Å². The van der Waals surface area contributed by atoms with Gasteiger partial charge in [-0.3, -0.25) is 9.78 Å². The second kappa shape index (κ2) is 5.64. The van der Waals surface area contributed by atoms with Crippen LogP contribution in [-0.2, 0) is 21.4 Å². The highest BCUT2D eigenvalue weighted by molar-refractivity contribution is 7.89. The summed E-state index contributed by atoms with van der Waals surface area (Å²) in [6.07, 6.45) is 2.08. The zero-order valence-corrected chi connectivity index (χ0v) is 11.2. The van der Waals surface area contributed by atoms with Crippen LogP contribution in [0.4, 0.5) is 0 Å². The van der Waals surface area contributed by atoms with E-state index in [0.717, 1.165) is 0 Å². The summed E-state index contributed by atoms with van der Waals surface area (Å²) < 4.78 is 26.2. The van der Waals surface area contributed by atoms with Crippen molar-refractivity contribution >= 4 is 15.9 Å². The van der Waals surface area contributed by atoms with Crippen LogP contribution < -0.4 is 11.1 Å². The van der Waals surface area contributed by atoms with Crippen LogP contribution in [0.3, 0.4) is 0 Å². The van der Waals surface area contributed by atoms with Crippen molar-refractivity contribution in [2.24, 2.45) is 5.73 Å². The summed E-state index contributed by atoms with van der Waals surface area (Å²) in [4.78, 5) is 15.5. The number of aromatic nitrogens is 1. The predicted octanol–water partition coefficient (Wildman–Crippen LogP) is -0.949. The molecule has 2 rings (SSSR count). The molecule has 0 bridgehead atoms. The van der Waals surface area contributed by atoms with Crippen molar-refractivity contribution in [2.45, 2.75) is 17.9 Å². The smallest absolute Gasteiger partial charge is 0.245 e. The van der Waals surface area contributed by atoms with E-state index in [1.54, 1.807) is 6.07 Å². The Kier molecular flexibility index (Phi) is 4.13. The monoisotopic (exact) mass is 284 g/mol. The maximum atomic E-state index is 12.5. The second-order valence-electron chi connectivity index (χ2n) is 4.19. The molecular weight excluding hydrogens is 268 g/mol. The van der Waals surface area contributed by atoms with Crippen molar-refractivity contribution in [3.05, 3.63) is 24.0 Å². The number of nitrogens with two attached hydrogens (primary N) is 1. The molecule has 7 nitrogen and oxygen atoms in total. The van der Waals surface area contributed by atoms with Crippen LogP contribution in [0.25, 0.3) is 0 Å². The molecule has 1 aliphatic rings. The van der Waals surface area contributed by atoms with Gasteiger partial charge in [0.2, 0.25) is 15.9 Å². The first-order valence-corrected chi connectivity index (χ1v) is 7.40. The van der Waals surface area contributed by atoms with Crippen LogP contribution in [-0.4, -0.2) is 43.2 Å². The molecule has 0 atom stereocenters. The highest BCUT2D eigenvalue weighted by Crippen LogP contribution is 2.19. The number of amides is 1. The Bertz CT molecular complexity index is 573. The molecule has 0 unspecified atom stereocenters. The summed E-state index contributed by atoms with van der Waals surface area (Å²) in [7, 11) is -3.73. The summed E-state index contributed by atoms with van der Waals surface area (Å²) in [5.41, 5.74) is 5.82. The SMILES string of the molecule is NCc1ncccc1S(=O)(=O)N1CCCNC(=O)C1. The average molecular weight is 284 g/mol. The predicted molar refractivity (Wildman–Crippen MR) is 68.5 cm³/mol. The first-order chi connectivity index (χ1) is 9.05. The quantitative estimate of drug-likeness (QED) is 0.744. The van der Waals surface area contributed by atoms with Gasteiger partial charge in [-0.1, -0.05) is 0 Å². The maximum absolute atomic E-state index is 12.5. The fourth-order valence-electron chi connectivity index (χ4n) is 1.93. The molecule has 1 saturated heterocycles. The molecule has 1 aromatic rings. The van der Waals surface area contributed by atoms with Gasteiger partial charge in [0, 0.05) is 25.8 Å². The van der Waals surface area contributed by atoms with E-state index in [9.17, 15) is 13.2 Å². The number of hydrogen-bond donors (Lipinski definition) is 2. The first kappa shape index (κ1) is 13.9. The van der Waals surface area contributed by atoms with Crippen molar-refractivity contribution < 1.29 is 13.2 Å². The minimum Gasteiger partial charge on any atom is -0.355 e. The third-order valence-corrected chi connectivity index (χ3v) is 4.81. The fourth-order valence-corrected chi connectivity index (χ4v) is 3.55. The van der Waals surface area contributed by atoms with E-state index in [0.29, 0.717) is 25.2 Å². The Morgan fingerprint density at radius 1 is 1.47 bits per heavy atom. The standard InChI is InChI=1S/C11H16N4O3S/c12-7-9-10(3-1-4-13-9)19(17,18)15-6-2-5-14-11(16)8-15/h1,3-4H,2,5-8,12H2,(H,14,16). The summed E-state index contributed by atoms with van der Waals surface area (Å²) in [5.74, 6) is -0.292. The lowest BCUT2D eigenvalue weighted by Gasteiger charge is -2.19. The Labute approximate surface area is 111 Å². The number of carbonyl (C=O) groups is 1. The summed E-state index contributed by atoms with van der Waals surface area (Å²) in [5, 5.41) is 2.64. The molecule has 0 saturated carbocycles. The lowest BCUT2D eigenvalue weighted by Crippen LogP contribution is -2.37. The number of carbonyl (C=O) groups excluding carboxylic acids is 1. The van der Waals surface area contributed by atoms with Crippen LogP contribution in [0.15, 0.2) is 23.2 Å². The van der Waals surface area contributed by atoms with Gasteiger partial charge in [0.25, 0.3) is 0 Å². The lowest BCUT2D eigenvalue weighted by molar-refractivity contribution is -0.120. The largest absolute Gasteiger partial charge is 0.355 e. The molecule has 3 N–H and O–H groups in total. The van der Waals surface area contributed by atoms with Crippen LogP contribution in [0.1, 0.15) is 12.1 Å². The van der Waals surface area contributed by atoms with Crippen LogP contribution in [0.2, 0.25) is 0 Å². The number of nitrogens with one attached hydrogen (secondary N) is 1. The van der Waals surface area contributed by atoms with Gasteiger partial charge in [0.1, 0.15) is 4.90 Å². The molecule has 0 radical (unpaired) electrons. The third-order valence-electron chi connectivity index (χ3n) is 2.89. The molecule has 1 aromatic heterocycles. The zero-order valence-electron chi connectivity index (χ0n) is 10.4. The van der Waals surface area contributed by atoms with Crippen molar-refractivity contribution in [1.29, 1.82) is 0 Å². The van der Waals surface area contributed by atoms with Gasteiger partial charge in [-0.05, 0) is 18.6 Å². The van der Waals surface area contributed by atoms with E-state index in [4.69, 9.17) is 5.73 Å². The molecule has 1 fully saturated rings. The summed E-state index contributed by atoms with van der Waals surface area (Å²) in [6, 6.07) is 3.01. The Morgan fingerprint density at radius 2 is 2.26 bits per heavy atom. The van der Waals surface area contributed by atoms with E-state index in [2.05, 4.69) is 10.3 Å². The lowest BCUT2D eigenvalue weighted by atomic mass is 10.3. The van der Waals surface area contributed by atoms with Gasteiger partial charge in [0.05, 0.1) is 12.2 Å². The Morgan fingerprint density at radius 3 is 3.00 bits per heavy atom. The number of rotatable bonds is 3. The third kappa shape index (κ3) is 2.91. The van der Waals surface area contributed by atoms with Gasteiger partial charge in [-0.25, -0.2) is 8.42 Å². The molecule has 19 heavy (non-hydrogen) atoms. The number of nitrogens with zero attached hydrogens (tertiary/aromatic N) is 2. The zero-order chi connectivity index (χ0) is 13.9. The van der Waals surface area contributed by atoms with Gasteiger partial charge in [-0.2, -0.15) is 4.31 Å². The molecular formula is C11H16N4O3S. The normalized spacial score (nSPS) is 17.8. The number of hydrogen-bond acceptors (Lipinski definition) is 5. The topological polar surface area (TPSA) is 105 Å². The van der Waals surface area contributed by atoms with Gasteiger partial charge in [0.15, 0.2) is 0 Å². The molecule has 0 aromatic carbocycles. The number of sulfonamides is 1. The van der Waals surface area contributed by atoms with E-state index in [1.807, 2.05) is 0 Å². The Hall–Kier alpha value is -1.51. The first-order valence-electron chi connectivity index (χ1n) is 5.96. The van der Waals surface area contributed by atoms with Gasteiger partial charge < -0.3 is 11.1 Å². The molecule has 0 spiro atoms. The van der Waals surface area contributed by atoms with Gasteiger partial charge in [-0.15, -0.1) is 0 Å². The highest BCUT2D eigenvalue weighted by atomic mass is 32.2. The second-order valence-corrected chi connectivity index (χ2v) is 6.10. The van der Waals surface area contributed by atoms with Crippen molar-refractivity contribution in [3.8, 4) is 0 Å².